The molecule has 6 nitrogen and oxygen atoms in total. The van der Waals surface area contributed by atoms with Crippen LogP contribution in [0.15, 0.2) is 48.5 Å². The molecule has 1 saturated heterocycles. The van der Waals surface area contributed by atoms with E-state index in [2.05, 4.69) is 34.2 Å². The monoisotopic (exact) mass is 364 g/mol. The number of benzene rings is 2. The maximum atomic E-state index is 12.8. The number of piperazine rings is 1. The van der Waals surface area contributed by atoms with Crippen molar-refractivity contribution in [1.29, 1.82) is 0 Å². The van der Waals surface area contributed by atoms with Crippen LogP contribution >= 0.6 is 0 Å². The lowest BCUT2D eigenvalue weighted by Gasteiger charge is -2.34. The van der Waals surface area contributed by atoms with Gasteiger partial charge in [0.25, 0.3) is 5.91 Å². The molecule has 1 fully saturated rings. The third-order valence-corrected chi connectivity index (χ3v) is 5.03. The molecule has 2 aromatic carbocycles. The van der Waals surface area contributed by atoms with Gasteiger partial charge in [-0.25, -0.2) is 0 Å². The van der Waals surface area contributed by atoms with Crippen LogP contribution in [0.25, 0.3) is 10.9 Å². The molecule has 0 spiro atoms. The number of nitrogens with one attached hydrogen (secondary N) is 1. The van der Waals surface area contributed by atoms with Crippen LogP contribution in [0.2, 0.25) is 0 Å². The molecule has 1 aliphatic rings. The second-order valence-electron chi connectivity index (χ2n) is 6.91. The second-order valence-corrected chi connectivity index (χ2v) is 6.91. The third kappa shape index (κ3) is 3.95. The van der Waals surface area contributed by atoms with Crippen LogP contribution in [-0.4, -0.2) is 65.2 Å². The van der Waals surface area contributed by atoms with Crippen molar-refractivity contribution in [3.63, 3.8) is 0 Å². The normalized spacial score (nSPS) is 15.2. The Labute approximate surface area is 158 Å². The summed E-state index contributed by atoms with van der Waals surface area (Å²) < 4.78 is 5.81. The van der Waals surface area contributed by atoms with Gasteiger partial charge in [-0.05, 0) is 25.1 Å². The fourth-order valence-corrected chi connectivity index (χ4v) is 3.38. The quantitative estimate of drug-likeness (QED) is 0.756. The minimum atomic E-state index is 0.00278. The van der Waals surface area contributed by atoms with Gasteiger partial charge < -0.3 is 9.64 Å². The molecule has 0 radical (unpaired) electrons. The second kappa shape index (κ2) is 7.80. The number of aryl methyl sites for hydroxylation is 1. The molecule has 1 aromatic heterocycles. The molecular formula is C21H24N4O2. The van der Waals surface area contributed by atoms with E-state index in [1.54, 1.807) is 0 Å². The molecule has 2 heterocycles. The number of carbonyl (C=O) groups excluding carboxylic acids is 1. The SMILES string of the molecule is Cc1ccc(OCCN2CCN(C(=O)c3n[nH]c4ccccc34)CC2)cc1. The van der Waals surface area contributed by atoms with Gasteiger partial charge in [-0.1, -0.05) is 35.9 Å². The fraction of sp³-hybridized carbons (Fsp3) is 0.333. The van der Waals surface area contributed by atoms with Gasteiger partial charge in [-0.3, -0.25) is 14.8 Å². The number of fused-ring (bicyclic) bond motifs is 1. The van der Waals surface area contributed by atoms with Crippen LogP contribution < -0.4 is 4.74 Å². The number of hydrogen-bond donors (Lipinski definition) is 1. The number of rotatable bonds is 5. The van der Waals surface area contributed by atoms with E-state index in [1.807, 2.05) is 41.3 Å². The number of carbonyl (C=O) groups is 1. The lowest BCUT2D eigenvalue weighted by Crippen LogP contribution is -2.49. The van der Waals surface area contributed by atoms with Gasteiger partial charge in [-0.15, -0.1) is 0 Å². The number of ether oxygens (including phenoxy) is 1. The van der Waals surface area contributed by atoms with Crippen LogP contribution in [0.5, 0.6) is 5.75 Å². The van der Waals surface area contributed by atoms with E-state index >= 15 is 0 Å². The summed E-state index contributed by atoms with van der Waals surface area (Å²) in [4.78, 5) is 17.0. The molecule has 0 atom stereocenters. The molecule has 0 aliphatic carbocycles. The summed E-state index contributed by atoms with van der Waals surface area (Å²) in [5, 5.41) is 8.05. The van der Waals surface area contributed by atoms with Gasteiger partial charge in [0, 0.05) is 38.1 Å². The van der Waals surface area contributed by atoms with Gasteiger partial charge in [0.15, 0.2) is 5.69 Å². The highest BCUT2D eigenvalue weighted by Crippen LogP contribution is 2.18. The molecule has 3 aromatic rings. The average molecular weight is 364 g/mol. The molecule has 0 saturated carbocycles. The van der Waals surface area contributed by atoms with Crippen LogP contribution in [0, 0.1) is 6.92 Å². The van der Waals surface area contributed by atoms with E-state index in [0.717, 1.165) is 36.3 Å². The minimum absolute atomic E-state index is 0.00278. The van der Waals surface area contributed by atoms with Crippen molar-refractivity contribution < 1.29 is 9.53 Å². The zero-order chi connectivity index (χ0) is 18.6. The van der Waals surface area contributed by atoms with E-state index in [9.17, 15) is 4.79 Å². The Hall–Kier alpha value is -2.86. The van der Waals surface area contributed by atoms with Crippen molar-refractivity contribution in [3.05, 3.63) is 59.8 Å². The Balaban J connectivity index is 1.27. The highest BCUT2D eigenvalue weighted by molar-refractivity contribution is 6.04. The van der Waals surface area contributed by atoms with E-state index in [1.165, 1.54) is 5.56 Å². The maximum Gasteiger partial charge on any atom is 0.275 e. The Morgan fingerprint density at radius 3 is 2.59 bits per heavy atom. The standard InChI is InChI=1S/C21H24N4O2/c1-16-6-8-17(9-7-16)27-15-14-24-10-12-25(13-11-24)21(26)20-18-4-2-3-5-19(18)22-23-20/h2-9H,10-15H2,1H3,(H,22,23). The molecule has 1 aliphatic heterocycles. The maximum absolute atomic E-state index is 12.8. The van der Waals surface area contributed by atoms with E-state index < -0.39 is 0 Å². The topological polar surface area (TPSA) is 61.5 Å². The van der Waals surface area contributed by atoms with Crippen molar-refractivity contribution in [2.45, 2.75) is 6.92 Å². The summed E-state index contributed by atoms with van der Waals surface area (Å²) in [5.41, 5.74) is 2.64. The highest BCUT2D eigenvalue weighted by Gasteiger charge is 2.24. The van der Waals surface area contributed by atoms with Crippen LogP contribution in [-0.2, 0) is 0 Å². The Bertz CT molecular complexity index is 911. The first-order valence-electron chi connectivity index (χ1n) is 9.35. The predicted molar refractivity (Wildman–Crippen MR) is 105 cm³/mol. The lowest BCUT2D eigenvalue weighted by atomic mass is 10.2. The number of amides is 1. The van der Waals surface area contributed by atoms with E-state index in [-0.39, 0.29) is 5.91 Å². The zero-order valence-corrected chi connectivity index (χ0v) is 15.5. The number of para-hydroxylation sites is 1. The molecule has 4 rings (SSSR count). The van der Waals surface area contributed by atoms with Crippen molar-refractivity contribution in [2.24, 2.45) is 0 Å². The number of hydrogen-bond acceptors (Lipinski definition) is 4. The Morgan fingerprint density at radius 1 is 1.07 bits per heavy atom. The van der Waals surface area contributed by atoms with Gasteiger partial charge in [-0.2, -0.15) is 5.10 Å². The molecule has 140 valence electrons. The van der Waals surface area contributed by atoms with Gasteiger partial charge in [0.2, 0.25) is 0 Å². The molecule has 0 unspecified atom stereocenters. The van der Waals surface area contributed by atoms with E-state index in [0.29, 0.717) is 25.4 Å². The Morgan fingerprint density at radius 2 is 1.81 bits per heavy atom. The molecule has 27 heavy (non-hydrogen) atoms. The largest absolute Gasteiger partial charge is 0.492 e. The third-order valence-electron chi connectivity index (χ3n) is 5.03. The summed E-state index contributed by atoms with van der Waals surface area (Å²) in [7, 11) is 0. The lowest BCUT2D eigenvalue weighted by molar-refractivity contribution is 0.0616. The molecule has 1 N–H and O–H groups in total. The zero-order valence-electron chi connectivity index (χ0n) is 15.5. The van der Waals surface area contributed by atoms with Crippen LogP contribution in [0.3, 0.4) is 0 Å². The molecule has 1 amide bonds. The smallest absolute Gasteiger partial charge is 0.275 e. The van der Waals surface area contributed by atoms with Gasteiger partial charge >= 0.3 is 0 Å². The molecule has 6 heteroatoms. The highest BCUT2D eigenvalue weighted by atomic mass is 16.5. The molecular weight excluding hydrogens is 340 g/mol. The number of aromatic nitrogens is 2. The van der Waals surface area contributed by atoms with E-state index in [4.69, 9.17) is 4.74 Å². The van der Waals surface area contributed by atoms with Crippen molar-refractivity contribution >= 4 is 16.8 Å². The Kier molecular flexibility index (Phi) is 5.07. The first-order chi connectivity index (χ1) is 13.2. The predicted octanol–water partition coefficient (Wildman–Crippen LogP) is 2.71. The molecule has 0 bridgehead atoms. The van der Waals surface area contributed by atoms with Crippen molar-refractivity contribution in [3.8, 4) is 5.75 Å². The summed E-state index contributed by atoms with van der Waals surface area (Å²) in [6.07, 6.45) is 0. The average Bonchev–Trinajstić information content (AvgIpc) is 3.14. The minimum Gasteiger partial charge on any atom is -0.492 e. The first-order valence-corrected chi connectivity index (χ1v) is 9.35. The number of nitrogens with zero attached hydrogens (tertiary/aromatic N) is 3. The number of aromatic amines is 1. The summed E-state index contributed by atoms with van der Waals surface area (Å²) in [5.74, 6) is 0.905. The first kappa shape index (κ1) is 17.5. The van der Waals surface area contributed by atoms with Gasteiger partial charge in [0.1, 0.15) is 12.4 Å². The summed E-state index contributed by atoms with van der Waals surface area (Å²) in [6, 6.07) is 15.8. The number of H-pyrrole nitrogens is 1. The van der Waals surface area contributed by atoms with Crippen molar-refractivity contribution in [1.82, 2.24) is 20.0 Å². The van der Waals surface area contributed by atoms with Gasteiger partial charge in [0.05, 0.1) is 5.52 Å². The summed E-state index contributed by atoms with van der Waals surface area (Å²) >= 11 is 0. The fourth-order valence-electron chi connectivity index (χ4n) is 3.38. The van der Waals surface area contributed by atoms with Crippen molar-refractivity contribution in [2.75, 3.05) is 39.3 Å². The summed E-state index contributed by atoms with van der Waals surface area (Å²) in [6.45, 7) is 6.71. The van der Waals surface area contributed by atoms with Crippen LogP contribution in [0.4, 0.5) is 0 Å². The van der Waals surface area contributed by atoms with Crippen LogP contribution in [0.1, 0.15) is 16.1 Å².